The number of rotatable bonds is 5. The first-order valence-corrected chi connectivity index (χ1v) is 13.0. The third kappa shape index (κ3) is 3.83. The predicted molar refractivity (Wildman–Crippen MR) is 136 cm³/mol. The van der Waals surface area contributed by atoms with Crippen molar-refractivity contribution in [2.75, 3.05) is 18.4 Å². The molecule has 1 atom stereocenters. The zero-order valence-corrected chi connectivity index (χ0v) is 20.5. The van der Waals surface area contributed by atoms with Gasteiger partial charge in [0.1, 0.15) is 22.7 Å². The number of hydrogen-bond acceptors (Lipinski definition) is 7. The fourth-order valence-corrected chi connectivity index (χ4v) is 6.59. The molecule has 34 heavy (non-hydrogen) atoms. The van der Waals surface area contributed by atoms with Crippen LogP contribution in [0.3, 0.4) is 0 Å². The molecule has 1 aliphatic carbocycles. The topological polar surface area (TPSA) is 79.7 Å². The average Bonchev–Trinajstić information content (AvgIpc) is 3.57. The van der Waals surface area contributed by atoms with Gasteiger partial charge >= 0.3 is 0 Å². The highest BCUT2D eigenvalue weighted by atomic mass is 32.1. The number of likely N-dealkylation sites (tertiary alicyclic amines) is 1. The van der Waals surface area contributed by atoms with Gasteiger partial charge in [-0.15, -0.1) is 11.3 Å². The quantitative estimate of drug-likeness (QED) is 0.569. The molecule has 3 aromatic rings. The molecule has 176 valence electrons. The third-order valence-corrected chi connectivity index (χ3v) is 8.12. The minimum atomic E-state index is 0.0605. The normalized spacial score (nSPS) is 19.0. The summed E-state index contributed by atoms with van der Waals surface area (Å²) in [5, 5.41) is 4.64. The summed E-state index contributed by atoms with van der Waals surface area (Å²) in [6.45, 7) is 6.59. The van der Waals surface area contributed by atoms with Crippen molar-refractivity contribution in [3.8, 4) is 5.75 Å². The van der Waals surface area contributed by atoms with Gasteiger partial charge in [0.05, 0.1) is 23.7 Å². The number of amides is 1. The van der Waals surface area contributed by atoms with Crippen molar-refractivity contribution in [3.63, 3.8) is 0 Å². The lowest BCUT2D eigenvalue weighted by Crippen LogP contribution is -2.36. The van der Waals surface area contributed by atoms with E-state index in [0.717, 1.165) is 78.2 Å². The number of thiophene rings is 1. The number of carbonyl (C=O) groups is 1. The van der Waals surface area contributed by atoms with E-state index in [4.69, 9.17) is 4.74 Å². The largest absolute Gasteiger partial charge is 0.489 e. The Morgan fingerprint density at radius 2 is 2.09 bits per heavy atom. The molecule has 1 unspecified atom stereocenters. The number of aryl methyl sites for hydroxylation is 1. The van der Waals surface area contributed by atoms with E-state index in [-0.39, 0.29) is 12.0 Å². The summed E-state index contributed by atoms with van der Waals surface area (Å²) < 4.78 is 6.14. The third-order valence-electron chi connectivity index (χ3n) is 6.96. The van der Waals surface area contributed by atoms with Crippen LogP contribution in [0, 0.1) is 5.92 Å². The Hall–Kier alpha value is -3.00. The molecule has 8 heteroatoms. The summed E-state index contributed by atoms with van der Waals surface area (Å²) in [5.41, 5.74) is 4.47. The van der Waals surface area contributed by atoms with Gasteiger partial charge in [0.25, 0.3) is 0 Å². The van der Waals surface area contributed by atoms with E-state index in [2.05, 4.69) is 37.3 Å². The van der Waals surface area contributed by atoms with Gasteiger partial charge in [-0.1, -0.05) is 0 Å². The molecule has 0 saturated carbocycles. The fraction of sp³-hybridized carbons (Fsp3) is 0.462. The second-order valence-electron chi connectivity index (χ2n) is 9.69. The lowest BCUT2D eigenvalue weighted by molar-refractivity contribution is -0.134. The first kappa shape index (κ1) is 21.5. The molecular formula is C26H29N5O2S. The summed E-state index contributed by atoms with van der Waals surface area (Å²) in [6.07, 6.45) is 8.44. The van der Waals surface area contributed by atoms with Crippen LogP contribution in [0.25, 0.3) is 10.2 Å². The number of benzene rings is 1. The van der Waals surface area contributed by atoms with Crippen molar-refractivity contribution >= 4 is 45.2 Å². The monoisotopic (exact) mass is 475 g/mol. The number of aliphatic imine (C=N–C) groups is 1. The average molecular weight is 476 g/mol. The van der Waals surface area contributed by atoms with Crippen molar-refractivity contribution in [3.05, 3.63) is 40.0 Å². The van der Waals surface area contributed by atoms with E-state index in [1.54, 1.807) is 17.7 Å². The highest BCUT2D eigenvalue weighted by Gasteiger charge is 2.32. The van der Waals surface area contributed by atoms with Crippen LogP contribution in [-0.2, 0) is 24.2 Å². The summed E-state index contributed by atoms with van der Waals surface area (Å²) in [5.74, 6) is 2.03. The van der Waals surface area contributed by atoms with Gasteiger partial charge < -0.3 is 15.0 Å². The summed E-state index contributed by atoms with van der Waals surface area (Å²) in [7, 11) is 0. The Bertz CT molecular complexity index is 1290. The minimum Gasteiger partial charge on any atom is -0.489 e. The van der Waals surface area contributed by atoms with E-state index < -0.39 is 0 Å². The molecular weight excluding hydrogens is 446 g/mol. The van der Waals surface area contributed by atoms with Gasteiger partial charge in [0, 0.05) is 30.1 Å². The number of hydrogen-bond donors (Lipinski definition) is 1. The van der Waals surface area contributed by atoms with E-state index in [1.165, 1.54) is 16.0 Å². The molecule has 6 rings (SSSR count). The van der Waals surface area contributed by atoms with Crippen LogP contribution in [0.5, 0.6) is 5.75 Å². The first-order valence-electron chi connectivity index (χ1n) is 12.2. The lowest BCUT2D eigenvalue weighted by Gasteiger charge is -2.26. The van der Waals surface area contributed by atoms with Crippen molar-refractivity contribution in [2.45, 2.75) is 58.6 Å². The minimum absolute atomic E-state index is 0.0605. The zero-order chi connectivity index (χ0) is 23.2. The lowest BCUT2D eigenvalue weighted by atomic mass is 9.87. The second kappa shape index (κ2) is 8.65. The molecule has 1 amide bonds. The molecule has 3 aliphatic rings. The van der Waals surface area contributed by atoms with Crippen LogP contribution in [0.15, 0.2) is 23.5 Å². The highest BCUT2D eigenvalue weighted by Crippen LogP contribution is 2.42. The number of nitrogens with zero attached hydrogens (tertiary/aromatic N) is 4. The number of anilines is 2. The molecule has 1 fully saturated rings. The van der Waals surface area contributed by atoms with Crippen LogP contribution in [0.1, 0.15) is 54.7 Å². The molecule has 4 heterocycles. The van der Waals surface area contributed by atoms with Gasteiger partial charge in [0.2, 0.25) is 5.91 Å². The molecule has 0 radical (unpaired) electrons. The maximum absolute atomic E-state index is 13.0. The maximum Gasteiger partial charge on any atom is 0.226 e. The molecule has 1 saturated heterocycles. The van der Waals surface area contributed by atoms with Crippen LogP contribution in [0.4, 0.5) is 11.5 Å². The zero-order valence-electron chi connectivity index (χ0n) is 19.6. The van der Waals surface area contributed by atoms with E-state index in [0.29, 0.717) is 12.5 Å². The van der Waals surface area contributed by atoms with Crippen LogP contribution < -0.4 is 10.1 Å². The SMILES string of the molecule is CC(C)Oc1cc2c(cc1Nc1ncnc3sc4c(c13)CCC(C(=O)N1CCCC1)C4)C=NC2. The fourth-order valence-electron chi connectivity index (χ4n) is 5.33. The molecule has 0 spiro atoms. The van der Waals surface area contributed by atoms with Crippen molar-refractivity contribution in [1.82, 2.24) is 14.9 Å². The van der Waals surface area contributed by atoms with Crippen LogP contribution in [-0.4, -0.2) is 46.2 Å². The Kier molecular flexibility index (Phi) is 5.48. The van der Waals surface area contributed by atoms with Crippen molar-refractivity contribution < 1.29 is 9.53 Å². The summed E-state index contributed by atoms with van der Waals surface area (Å²) >= 11 is 1.71. The van der Waals surface area contributed by atoms with Crippen molar-refractivity contribution in [2.24, 2.45) is 10.9 Å². The second-order valence-corrected chi connectivity index (χ2v) is 10.8. The molecule has 1 aromatic carbocycles. The van der Waals surface area contributed by atoms with E-state index >= 15 is 0 Å². The number of nitrogens with one attached hydrogen (secondary N) is 1. The molecule has 7 nitrogen and oxygen atoms in total. The molecule has 0 bridgehead atoms. The summed E-state index contributed by atoms with van der Waals surface area (Å²) in [4.78, 5) is 31.0. The van der Waals surface area contributed by atoms with Gasteiger partial charge in [-0.05, 0) is 74.8 Å². The van der Waals surface area contributed by atoms with Crippen molar-refractivity contribution in [1.29, 1.82) is 0 Å². The van der Waals surface area contributed by atoms with Gasteiger partial charge in [-0.2, -0.15) is 0 Å². The van der Waals surface area contributed by atoms with Gasteiger partial charge in [-0.3, -0.25) is 9.79 Å². The number of aromatic nitrogens is 2. The predicted octanol–water partition coefficient (Wildman–Crippen LogP) is 4.88. The number of carbonyl (C=O) groups excluding carboxylic acids is 1. The Labute approximate surface area is 203 Å². The number of fused-ring (bicyclic) bond motifs is 4. The molecule has 2 aromatic heterocycles. The highest BCUT2D eigenvalue weighted by molar-refractivity contribution is 7.19. The van der Waals surface area contributed by atoms with Gasteiger partial charge in [0.15, 0.2) is 0 Å². The maximum atomic E-state index is 13.0. The Morgan fingerprint density at radius 3 is 2.91 bits per heavy atom. The molecule has 1 N–H and O–H groups in total. The van der Waals surface area contributed by atoms with Gasteiger partial charge in [-0.25, -0.2) is 9.97 Å². The van der Waals surface area contributed by atoms with Crippen LogP contribution >= 0.6 is 11.3 Å². The smallest absolute Gasteiger partial charge is 0.226 e. The number of ether oxygens (including phenoxy) is 1. The standard InChI is InChI=1S/C26H29N5O2S/c1-15(2)33-21-10-18-13-27-12-17(18)9-20(21)30-24-23-19-6-5-16(26(32)31-7-3-4-8-31)11-22(19)34-25(23)29-14-28-24/h9-10,12,14-16H,3-8,11,13H2,1-2H3,(H,28,29,30). The Balaban J connectivity index is 1.33. The van der Waals surface area contributed by atoms with Crippen LogP contribution in [0.2, 0.25) is 0 Å². The Morgan fingerprint density at radius 1 is 1.24 bits per heavy atom. The summed E-state index contributed by atoms with van der Waals surface area (Å²) in [6, 6.07) is 4.18. The van der Waals surface area contributed by atoms with E-state index in [9.17, 15) is 4.79 Å². The molecule has 2 aliphatic heterocycles. The first-order chi connectivity index (χ1) is 16.6. The van der Waals surface area contributed by atoms with E-state index in [1.807, 2.05) is 20.1 Å².